The summed E-state index contributed by atoms with van der Waals surface area (Å²) in [5, 5.41) is 2.86. The number of esters is 1. The molecular formula is C22H33NO3. The van der Waals surface area contributed by atoms with E-state index >= 15 is 0 Å². The second-order valence-electron chi connectivity index (χ2n) is 8.36. The Hall–Kier alpha value is -1.84. The first kappa shape index (κ1) is 20.5. The third-order valence-electron chi connectivity index (χ3n) is 5.47. The van der Waals surface area contributed by atoms with Gasteiger partial charge < -0.3 is 10.1 Å². The topological polar surface area (TPSA) is 55.4 Å². The van der Waals surface area contributed by atoms with E-state index in [1.165, 1.54) is 6.42 Å². The van der Waals surface area contributed by atoms with Gasteiger partial charge in [0.2, 0.25) is 0 Å². The van der Waals surface area contributed by atoms with E-state index < -0.39 is 6.04 Å². The van der Waals surface area contributed by atoms with Gasteiger partial charge in [0.15, 0.2) is 0 Å². The normalized spacial score (nSPS) is 24.3. The van der Waals surface area contributed by atoms with E-state index in [0.717, 1.165) is 12.8 Å². The van der Waals surface area contributed by atoms with Crippen LogP contribution in [0.1, 0.15) is 64.2 Å². The van der Waals surface area contributed by atoms with Gasteiger partial charge in [-0.2, -0.15) is 0 Å². The van der Waals surface area contributed by atoms with Crippen molar-refractivity contribution < 1.29 is 14.3 Å². The maximum atomic E-state index is 12.9. The van der Waals surface area contributed by atoms with Gasteiger partial charge in [-0.1, -0.05) is 59.2 Å². The van der Waals surface area contributed by atoms with Gasteiger partial charge in [-0.05, 0) is 48.6 Å². The van der Waals surface area contributed by atoms with Gasteiger partial charge in [-0.3, -0.25) is 4.79 Å². The van der Waals surface area contributed by atoms with Crippen LogP contribution in [0.3, 0.4) is 0 Å². The van der Waals surface area contributed by atoms with Crippen molar-refractivity contribution in [3.63, 3.8) is 0 Å². The molecule has 1 aromatic carbocycles. The van der Waals surface area contributed by atoms with Gasteiger partial charge in [0.05, 0.1) is 0 Å². The Kier molecular flexibility index (Phi) is 7.24. The quantitative estimate of drug-likeness (QED) is 0.764. The second-order valence-corrected chi connectivity index (χ2v) is 8.36. The molecule has 1 aliphatic rings. The highest BCUT2D eigenvalue weighted by Crippen LogP contribution is 2.35. The van der Waals surface area contributed by atoms with E-state index in [1.807, 2.05) is 32.0 Å². The number of carbonyl (C=O) groups excluding carboxylic acids is 2. The predicted molar refractivity (Wildman–Crippen MR) is 104 cm³/mol. The number of hydrogen-bond donors (Lipinski definition) is 1. The third-order valence-corrected chi connectivity index (χ3v) is 5.47. The average Bonchev–Trinajstić information content (AvgIpc) is 2.59. The molecule has 1 N–H and O–H groups in total. The Balaban J connectivity index is 2.06. The van der Waals surface area contributed by atoms with Crippen LogP contribution < -0.4 is 5.32 Å². The van der Waals surface area contributed by atoms with Crippen molar-refractivity contribution in [2.24, 2.45) is 23.7 Å². The molecule has 1 aromatic rings. The molecule has 0 aromatic heterocycles. The summed E-state index contributed by atoms with van der Waals surface area (Å²) in [6.45, 7) is 10.5. The SMILES string of the molecule is CC1CCC(C(C)C)C(OC(=O)[C@H](NC(=O)c2ccccc2)C(C)C)C1. The van der Waals surface area contributed by atoms with Crippen LogP contribution in [0.4, 0.5) is 0 Å². The van der Waals surface area contributed by atoms with Gasteiger partial charge in [-0.25, -0.2) is 4.79 Å². The molecule has 1 saturated carbocycles. The largest absolute Gasteiger partial charge is 0.461 e. The van der Waals surface area contributed by atoms with Crippen LogP contribution in [0, 0.1) is 23.7 Å². The summed E-state index contributed by atoms with van der Waals surface area (Å²) in [5.74, 6) is 0.866. The minimum atomic E-state index is -0.632. The zero-order chi connectivity index (χ0) is 19.3. The van der Waals surface area contributed by atoms with Gasteiger partial charge in [0.1, 0.15) is 12.1 Å². The van der Waals surface area contributed by atoms with Crippen molar-refractivity contribution in [3.05, 3.63) is 35.9 Å². The molecule has 1 aliphatic carbocycles. The fourth-order valence-corrected chi connectivity index (χ4v) is 3.78. The first-order valence-electron chi connectivity index (χ1n) is 9.86. The van der Waals surface area contributed by atoms with E-state index in [4.69, 9.17) is 4.74 Å². The first-order chi connectivity index (χ1) is 12.3. The molecule has 1 fully saturated rings. The maximum absolute atomic E-state index is 12.9. The molecule has 0 spiro atoms. The maximum Gasteiger partial charge on any atom is 0.329 e. The number of nitrogens with one attached hydrogen (secondary N) is 1. The fourth-order valence-electron chi connectivity index (χ4n) is 3.78. The molecule has 0 aliphatic heterocycles. The minimum absolute atomic E-state index is 0.0336. The van der Waals surface area contributed by atoms with Gasteiger partial charge in [0.25, 0.3) is 5.91 Å². The molecule has 4 heteroatoms. The molecule has 0 radical (unpaired) electrons. The van der Waals surface area contributed by atoms with Crippen LogP contribution in [0.15, 0.2) is 30.3 Å². The summed E-state index contributed by atoms with van der Waals surface area (Å²) in [5.41, 5.74) is 0.553. The van der Waals surface area contributed by atoms with Crippen LogP contribution >= 0.6 is 0 Å². The summed E-state index contributed by atoms with van der Waals surface area (Å²) < 4.78 is 5.94. The van der Waals surface area contributed by atoms with Gasteiger partial charge in [-0.15, -0.1) is 0 Å². The zero-order valence-electron chi connectivity index (χ0n) is 16.7. The van der Waals surface area contributed by atoms with E-state index in [9.17, 15) is 9.59 Å². The monoisotopic (exact) mass is 359 g/mol. The lowest BCUT2D eigenvalue weighted by molar-refractivity contribution is -0.159. The van der Waals surface area contributed by atoms with Crippen LogP contribution in [0.2, 0.25) is 0 Å². The van der Waals surface area contributed by atoms with E-state index in [0.29, 0.717) is 23.3 Å². The molecule has 0 saturated heterocycles. The molecule has 26 heavy (non-hydrogen) atoms. The van der Waals surface area contributed by atoms with Crippen molar-refractivity contribution in [1.29, 1.82) is 0 Å². The lowest BCUT2D eigenvalue weighted by atomic mass is 9.75. The van der Waals surface area contributed by atoms with Crippen molar-refractivity contribution in [3.8, 4) is 0 Å². The molecule has 1 amide bonds. The predicted octanol–water partition coefficient (Wildman–Crippen LogP) is 4.45. The van der Waals surface area contributed by atoms with Crippen LogP contribution in [-0.2, 0) is 9.53 Å². The first-order valence-corrected chi connectivity index (χ1v) is 9.86. The Morgan fingerprint density at radius 2 is 1.73 bits per heavy atom. The molecule has 2 rings (SSSR count). The summed E-state index contributed by atoms with van der Waals surface area (Å²) in [6.07, 6.45) is 3.14. The van der Waals surface area contributed by atoms with E-state index in [1.54, 1.807) is 12.1 Å². The van der Waals surface area contributed by atoms with Crippen molar-refractivity contribution in [2.75, 3.05) is 0 Å². The second kappa shape index (κ2) is 9.20. The fraction of sp³-hybridized carbons (Fsp3) is 0.636. The summed E-state index contributed by atoms with van der Waals surface area (Å²) in [6, 6.07) is 8.35. The molecule has 4 atom stereocenters. The number of hydrogen-bond acceptors (Lipinski definition) is 3. The highest BCUT2D eigenvalue weighted by molar-refractivity contribution is 5.96. The van der Waals surface area contributed by atoms with E-state index in [2.05, 4.69) is 26.1 Å². The zero-order valence-corrected chi connectivity index (χ0v) is 16.7. The highest BCUT2D eigenvalue weighted by atomic mass is 16.5. The van der Waals surface area contributed by atoms with Gasteiger partial charge in [0, 0.05) is 5.56 Å². The molecule has 4 nitrogen and oxygen atoms in total. The molecule has 3 unspecified atom stereocenters. The molecule has 0 heterocycles. The minimum Gasteiger partial charge on any atom is -0.461 e. The van der Waals surface area contributed by atoms with Crippen molar-refractivity contribution >= 4 is 11.9 Å². The lowest BCUT2D eigenvalue weighted by Gasteiger charge is -2.37. The standard InChI is InChI=1S/C22H33NO3/c1-14(2)18-12-11-16(5)13-19(18)26-22(25)20(15(3)4)23-21(24)17-9-7-6-8-10-17/h6-10,14-16,18-20H,11-13H2,1-5H3,(H,23,24)/t16?,18?,19?,20-/m1/s1. The Morgan fingerprint density at radius 1 is 1.08 bits per heavy atom. The Bertz CT molecular complexity index is 597. The number of ether oxygens (including phenoxy) is 1. The number of benzene rings is 1. The summed E-state index contributed by atoms with van der Waals surface area (Å²) in [4.78, 5) is 25.3. The van der Waals surface area contributed by atoms with Crippen LogP contribution in [0.5, 0.6) is 0 Å². The molecule has 144 valence electrons. The smallest absolute Gasteiger partial charge is 0.329 e. The van der Waals surface area contributed by atoms with Gasteiger partial charge >= 0.3 is 5.97 Å². The molecular weight excluding hydrogens is 326 g/mol. The Morgan fingerprint density at radius 3 is 2.31 bits per heavy atom. The molecule has 0 bridgehead atoms. The number of carbonyl (C=O) groups is 2. The summed E-state index contributed by atoms with van der Waals surface area (Å²) in [7, 11) is 0. The third kappa shape index (κ3) is 5.33. The highest BCUT2D eigenvalue weighted by Gasteiger charge is 2.36. The van der Waals surface area contributed by atoms with E-state index in [-0.39, 0.29) is 23.9 Å². The Labute approximate surface area is 157 Å². The number of amides is 1. The lowest BCUT2D eigenvalue weighted by Crippen LogP contribution is -2.48. The van der Waals surface area contributed by atoms with Crippen LogP contribution in [0.25, 0.3) is 0 Å². The van der Waals surface area contributed by atoms with Crippen LogP contribution in [-0.4, -0.2) is 24.0 Å². The van der Waals surface area contributed by atoms with Crippen molar-refractivity contribution in [1.82, 2.24) is 5.32 Å². The number of rotatable bonds is 6. The van der Waals surface area contributed by atoms with Crippen molar-refractivity contribution in [2.45, 2.75) is 66.0 Å². The summed E-state index contributed by atoms with van der Waals surface area (Å²) >= 11 is 0. The average molecular weight is 360 g/mol.